The third-order valence-corrected chi connectivity index (χ3v) is 5.90. The van der Waals surface area contributed by atoms with Crippen LogP contribution >= 0.6 is 0 Å². The maximum atomic E-state index is 12.9. The van der Waals surface area contributed by atoms with Crippen LogP contribution in [0, 0.1) is 0 Å². The normalized spacial score (nSPS) is 27.7. The number of benzene rings is 1. The van der Waals surface area contributed by atoms with E-state index in [-0.39, 0.29) is 12.3 Å². The third kappa shape index (κ3) is 2.75. The molecule has 3 aliphatic rings. The number of rotatable bonds is 1. The van der Waals surface area contributed by atoms with Gasteiger partial charge in [-0.05, 0) is 50.5 Å². The second-order valence-corrected chi connectivity index (χ2v) is 8.70. The Morgan fingerprint density at radius 2 is 2.00 bits per heavy atom. The highest BCUT2D eigenvalue weighted by Gasteiger charge is 2.61. The minimum Gasteiger partial charge on any atom is -0.504 e. The number of ether oxygens (including phenoxy) is 2. The molecule has 2 unspecified atom stereocenters. The number of carbonyl (C=O) groups excluding carboxylic acids is 2. The summed E-state index contributed by atoms with van der Waals surface area (Å²) >= 11 is 0. The molecule has 0 bridgehead atoms. The molecule has 154 valence electrons. The lowest BCUT2D eigenvalue weighted by Gasteiger charge is -2.46. The fourth-order valence-electron chi connectivity index (χ4n) is 4.81. The van der Waals surface area contributed by atoms with E-state index in [0.717, 1.165) is 5.56 Å². The molecule has 1 heterocycles. The van der Waals surface area contributed by atoms with Crippen molar-refractivity contribution in [2.75, 3.05) is 13.7 Å². The van der Waals surface area contributed by atoms with Gasteiger partial charge in [0.15, 0.2) is 17.3 Å². The van der Waals surface area contributed by atoms with Gasteiger partial charge >= 0.3 is 6.09 Å². The number of likely N-dealkylation sites (tertiary alicyclic amines) is 1. The molecule has 1 aromatic rings. The Labute approximate surface area is 169 Å². The van der Waals surface area contributed by atoms with Gasteiger partial charge in [0.2, 0.25) is 0 Å². The van der Waals surface area contributed by atoms with Crippen LogP contribution in [-0.2, 0) is 14.9 Å². The van der Waals surface area contributed by atoms with Gasteiger partial charge < -0.3 is 24.6 Å². The molecule has 1 aromatic carbocycles. The number of phenolic OH excluding ortho intramolecular Hbond substituents is 1. The smallest absolute Gasteiger partial charge is 0.410 e. The number of aliphatic hydroxyl groups is 1. The topological polar surface area (TPSA) is 96.3 Å². The van der Waals surface area contributed by atoms with Gasteiger partial charge in [-0.15, -0.1) is 0 Å². The van der Waals surface area contributed by atoms with Crippen molar-refractivity contribution in [3.8, 4) is 11.5 Å². The summed E-state index contributed by atoms with van der Waals surface area (Å²) in [5, 5.41) is 21.9. The Morgan fingerprint density at radius 1 is 1.28 bits per heavy atom. The molecule has 29 heavy (non-hydrogen) atoms. The predicted molar refractivity (Wildman–Crippen MR) is 106 cm³/mol. The van der Waals surface area contributed by atoms with Crippen molar-refractivity contribution >= 4 is 18.0 Å². The number of aromatic hydroxyl groups is 1. The number of amides is 1. The lowest BCUT2D eigenvalue weighted by molar-refractivity contribution is -0.127. The Bertz CT molecular complexity index is 957. The minimum atomic E-state index is -1.42. The highest BCUT2D eigenvalue weighted by Crippen LogP contribution is 2.57. The lowest BCUT2D eigenvalue weighted by Crippen LogP contribution is -2.58. The lowest BCUT2D eigenvalue weighted by atomic mass is 9.60. The summed E-state index contributed by atoms with van der Waals surface area (Å²) in [4.78, 5) is 26.9. The second kappa shape index (κ2) is 6.35. The van der Waals surface area contributed by atoms with Gasteiger partial charge in [-0.2, -0.15) is 0 Å². The van der Waals surface area contributed by atoms with E-state index in [1.807, 2.05) is 18.2 Å². The molecular formula is C22H25NO6. The Balaban J connectivity index is 1.91. The summed E-state index contributed by atoms with van der Waals surface area (Å²) in [7, 11) is 1.47. The van der Waals surface area contributed by atoms with Gasteiger partial charge in [-0.1, -0.05) is 18.2 Å². The van der Waals surface area contributed by atoms with Gasteiger partial charge in [0.25, 0.3) is 0 Å². The van der Waals surface area contributed by atoms with E-state index in [0.29, 0.717) is 23.3 Å². The van der Waals surface area contributed by atoms with E-state index in [1.165, 1.54) is 18.1 Å². The number of carbonyl (C=O) groups is 2. The molecule has 2 aliphatic carbocycles. The Kier molecular flexibility index (Phi) is 4.27. The largest absolute Gasteiger partial charge is 0.504 e. The SMILES string of the molecule is COc1ccc2c(c1O)[C@]13CCN(C(=O)OC(C)(C)C)C1C(O)C(=O)C=C3C=C2. The number of hydrogen-bond acceptors (Lipinski definition) is 6. The maximum absolute atomic E-state index is 12.9. The molecular weight excluding hydrogens is 374 g/mol. The number of nitrogens with zero attached hydrogens (tertiary/aromatic N) is 1. The van der Waals surface area contributed by atoms with Crippen LogP contribution in [0.5, 0.6) is 11.5 Å². The average molecular weight is 399 g/mol. The van der Waals surface area contributed by atoms with E-state index in [2.05, 4.69) is 0 Å². The highest BCUT2D eigenvalue weighted by molar-refractivity contribution is 5.99. The minimum absolute atomic E-state index is 0.0437. The number of aliphatic hydroxyl groups excluding tert-OH is 1. The van der Waals surface area contributed by atoms with Crippen LogP contribution in [0.15, 0.2) is 29.9 Å². The Hall–Kier alpha value is -2.80. The van der Waals surface area contributed by atoms with Gasteiger partial charge in [0.05, 0.1) is 13.2 Å². The quantitative estimate of drug-likeness (QED) is 0.753. The summed E-state index contributed by atoms with van der Waals surface area (Å²) in [6.45, 7) is 5.57. The van der Waals surface area contributed by atoms with E-state index >= 15 is 0 Å². The first-order chi connectivity index (χ1) is 13.6. The van der Waals surface area contributed by atoms with Crippen molar-refractivity contribution in [3.05, 3.63) is 41.0 Å². The van der Waals surface area contributed by atoms with E-state index in [1.54, 1.807) is 26.8 Å². The average Bonchev–Trinajstić information content (AvgIpc) is 3.03. The zero-order chi connectivity index (χ0) is 21.1. The van der Waals surface area contributed by atoms with Gasteiger partial charge in [-0.25, -0.2) is 4.79 Å². The molecule has 2 N–H and O–H groups in total. The molecule has 1 fully saturated rings. The Morgan fingerprint density at radius 3 is 2.66 bits per heavy atom. The van der Waals surface area contributed by atoms with Crippen molar-refractivity contribution in [1.82, 2.24) is 4.90 Å². The van der Waals surface area contributed by atoms with Crippen molar-refractivity contribution in [1.29, 1.82) is 0 Å². The van der Waals surface area contributed by atoms with Gasteiger partial charge in [0.1, 0.15) is 11.7 Å². The molecule has 7 heteroatoms. The molecule has 7 nitrogen and oxygen atoms in total. The number of allylic oxidation sites excluding steroid dienone is 1. The molecule has 0 saturated carbocycles. The summed E-state index contributed by atoms with van der Waals surface area (Å²) in [6.07, 6.45) is 3.49. The van der Waals surface area contributed by atoms with E-state index < -0.39 is 35.0 Å². The van der Waals surface area contributed by atoms with Crippen LogP contribution in [0.4, 0.5) is 4.79 Å². The van der Waals surface area contributed by atoms with Gasteiger partial charge in [0, 0.05) is 17.5 Å². The van der Waals surface area contributed by atoms with E-state index in [4.69, 9.17) is 9.47 Å². The molecule has 0 radical (unpaired) electrons. The van der Waals surface area contributed by atoms with Crippen LogP contribution in [0.2, 0.25) is 0 Å². The summed E-state index contributed by atoms with van der Waals surface area (Å²) in [6, 6.07) is 2.61. The monoisotopic (exact) mass is 399 g/mol. The molecule has 4 rings (SSSR count). The van der Waals surface area contributed by atoms with Crippen molar-refractivity contribution in [3.63, 3.8) is 0 Å². The summed E-state index contributed by atoms with van der Waals surface area (Å²) in [5.41, 5.74) is 0.351. The van der Waals surface area contributed by atoms with Crippen molar-refractivity contribution in [2.24, 2.45) is 0 Å². The van der Waals surface area contributed by atoms with Crippen molar-refractivity contribution < 1.29 is 29.3 Å². The van der Waals surface area contributed by atoms with Crippen LogP contribution in [0.3, 0.4) is 0 Å². The van der Waals surface area contributed by atoms with Crippen LogP contribution in [0.25, 0.3) is 6.08 Å². The third-order valence-electron chi connectivity index (χ3n) is 5.90. The zero-order valence-electron chi connectivity index (χ0n) is 16.9. The zero-order valence-corrected chi connectivity index (χ0v) is 16.9. The first-order valence-corrected chi connectivity index (χ1v) is 9.62. The number of methoxy groups -OCH3 is 1. The highest BCUT2D eigenvalue weighted by atomic mass is 16.6. The van der Waals surface area contributed by atoms with Gasteiger partial charge in [-0.3, -0.25) is 4.79 Å². The van der Waals surface area contributed by atoms with Crippen molar-refractivity contribution in [2.45, 2.75) is 50.4 Å². The molecule has 1 aliphatic heterocycles. The van der Waals surface area contributed by atoms with Crippen LogP contribution < -0.4 is 4.74 Å². The molecule has 1 spiro atoms. The second-order valence-electron chi connectivity index (χ2n) is 8.70. The molecule has 0 aromatic heterocycles. The predicted octanol–water partition coefficient (Wildman–Crippen LogP) is 2.54. The number of fused-ring (bicyclic) bond motifs is 1. The standard InChI is InChI=1S/C22H25NO6/c1-21(2,3)29-20(27)23-10-9-22-13(11-14(24)17(25)19(22)23)7-5-12-6-8-15(28-4)18(26)16(12)22/h5-8,11,17,19,25-26H,9-10H2,1-4H3/t17?,19?,22-/m1/s1. The number of hydrogen-bond donors (Lipinski definition) is 2. The first-order valence-electron chi connectivity index (χ1n) is 9.62. The molecule has 1 saturated heterocycles. The molecule has 3 atom stereocenters. The number of phenols is 1. The molecule has 1 amide bonds. The fraction of sp³-hybridized carbons (Fsp3) is 0.455. The fourth-order valence-corrected chi connectivity index (χ4v) is 4.81. The first kappa shape index (κ1) is 19.5. The summed E-state index contributed by atoms with van der Waals surface area (Å²) < 4.78 is 10.8. The summed E-state index contributed by atoms with van der Waals surface area (Å²) in [5.74, 6) is -0.210. The van der Waals surface area contributed by atoms with Crippen LogP contribution in [-0.4, -0.2) is 58.4 Å². The van der Waals surface area contributed by atoms with E-state index in [9.17, 15) is 19.8 Å². The maximum Gasteiger partial charge on any atom is 0.410 e. The number of ketones is 1. The van der Waals surface area contributed by atoms with Crippen LogP contribution in [0.1, 0.15) is 38.3 Å².